The average Bonchev–Trinajstić information content (AvgIpc) is 2.75. The first kappa shape index (κ1) is 15.5. The molecule has 1 aromatic rings. The predicted octanol–water partition coefficient (Wildman–Crippen LogP) is 3.20. The standard InChI is InChI=1S/C13H22N2OS2/c1-5-17-7-6-11(16)14-8-10-9-18-12(15-10)13(2,3)4/h9H,5-8H2,1-4H3,(H,14,16). The second-order valence-electron chi connectivity index (χ2n) is 5.12. The lowest BCUT2D eigenvalue weighted by atomic mass is 9.98. The molecular formula is C13H22N2OS2. The number of hydrogen-bond donors (Lipinski definition) is 1. The Morgan fingerprint density at radius 3 is 2.78 bits per heavy atom. The zero-order chi connectivity index (χ0) is 13.6. The van der Waals surface area contributed by atoms with Crippen LogP contribution in [-0.4, -0.2) is 22.4 Å². The molecule has 0 fully saturated rings. The molecule has 102 valence electrons. The van der Waals surface area contributed by atoms with E-state index in [0.717, 1.165) is 22.2 Å². The Morgan fingerprint density at radius 2 is 2.22 bits per heavy atom. The molecule has 0 unspecified atom stereocenters. The Bertz CT molecular complexity index is 383. The van der Waals surface area contributed by atoms with Crippen molar-refractivity contribution in [1.29, 1.82) is 0 Å². The van der Waals surface area contributed by atoms with Gasteiger partial charge in [0.15, 0.2) is 0 Å². The molecule has 0 aromatic carbocycles. The Morgan fingerprint density at radius 1 is 1.50 bits per heavy atom. The van der Waals surface area contributed by atoms with Crippen LogP contribution in [0.4, 0.5) is 0 Å². The summed E-state index contributed by atoms with van der Waals surface area (Å²) < 4.78 is 0. The second-order valence-corrected chi connectivity index (χ2v) is 7.37. The van der Waals surface area contributed by atoms with Crippen LogP contribution in [0, 0.1) is 0 Å². The van der Waals surface area contributed by atoms with Gasteiger partial charge >= 0.3 is 0 Å². The molecule has 1 N–H and O–H groups in total. The Balaban J connectivity index is 2.35. The van der Waals surface area contributed by atoms with E-state index in [2.05, 4.69) is 38.0 Å². The third kappa shape index (κ3) is 5.40. The molecule has 0 spiro atoms. The van der Waals surface area contributed by atoms with Crippen LogP contribution in [-0.2, 0) is 16.8 Å². The molecule has 3 nitrogen and oxygen atoms in total. The fraction of sp³-hybridized carbons (Fsp3) is 0.692. The largest absolute Gasteiger partial charge is 0.350 e. The summed E-state index contributed by atoms with van der Waals surface area (Å²) in [5.74, 6) is 2.07. The third-order valence-electron chi connectivity index (χ3n) is 2.34. The highest BCUT2D eigenvalue weighted by Gasteiger charge is 2.17. The number of nitrogens with one attached hydrogen (secondary N) is 1. The van der Waals surface area contributed by atoms with E-state index in [1.807, 2.05) is 5.38 Å². The molecule has 0 radical (unpaired) electrons. The first-order valence-corrected chi connectivity index (χ1v) is 8.26. The summed E-state index contributed by atoms with van der Waals surface area (Å²) >= 11 is 3.45. The highest BCUT2D eigenvalue weighted by Crippen LogP contribution is 2.25. The van der Waals surface area contributed by atoms with E-state index in [1.165, 1.54) is 0 Å². The third-order valence-corrected chi connectivity index (χ3v) is 4.56. The van der Waals surface area contributed by atoms with Crippen molar-refractivity contribution in [3.05, 3.63) is 16.1 Å². The number of hydrogen-bond acceptors (Lipinski definition) is 4. The fourth-order valence-electron chi connectivity index (χ4n) is 1.32. The molecule has 0 aliphatic heterocycles. The summed E-state index contributed by atoms with van der Waals surface area (Å²) in [6.45, 7) is 9.09. The molecule has 1 rings (SSSR count). The van der Waals surface area contributed by atoms with E-state index in [-0.39, 0.29) is 11.3 Å². The Hall–Kier alpha value is -0.550. The summed E-state index contributed by atoms with van der Waals surface area (Å²) in [5, 5.41) is 6.06. The minimum Gasteiger partial charge on any atom is -0.350 e. The smallest absolute Gasteiger partial charge is 0.221 e. The number of aromatic nitrogens is 1. The molecule has 0 bridgehead atoms. The van der Waals surface area contributed by atoms with E-state index in [1.54, 1.807) is 23.1 Å². The molecule has 1 heterocycles. The summed E-state index contributed by atoms with van der Waals surface area (Å²) in [4.78, 5) is 16.1. The van der Waals surface area contributed by atoms with Gasteiger partial charge < -0.3 is 5.32 Å². The van der Waals surface area contributed by atoms with E-state index in [9.17, 15) is 4.79 Å². The zero-order valence-corrected chi connectivity index (χ0v) is 13.2. The minimum atomic E-state index is 0.0880. The highest BCUT2D eigenvalue weighted by molar-refractivity contribution is 7.99. The fourth-order valence-corrected chi connectivity index (χ4v) is 2.85. The van der Waals surface area contributed by atoms with E-state index in [4.69, 9.17) is 0 Å². The maximum absolute atomic E-state index is 11.5. The molecule has 1 aromatic heterocycles. The van der Waals surface area contributed by atoms with Crippen molar-refractivity contribution in [3.63, 3.8) is 0 Å². The van der Waals surface area contributed by atoms with Gasteiger partial charge in [-0.1, -0.05) is 27.7 Å². The van der Waals surface area contributed by atoms with Crippen molar-refractivity contribution in [1.82, 2.24) is 10.3 Å². The van der Waals surface area contributed by atoms with E-state index < -0.39 is 0 Å². The van der Waals surface area contributed by atoms with Gasteiger partial charge in [0, 0.05) is 23.0 Å². The lowest BCUT2D eigenvalue weighted by molar-refractivity contribution is -0.120. The van der Waals surface area contributed by atoms with Crippen molar-refractivity contribution in [3.8, 4) is 0 Å². The van der Waals surface area contributed by atoms with Crippen LogP contribution in [0.25, 0.3) is 0 Å². The SMILES string of the molecule is CCSCCC(=O)NCc1csc(C(C)(C)C)n1. The number of nitrogens with zero attached hydrogens (tertiary/aromatic N) is 1. The van der Waals surface area contributed by atoms with Gasteiger partial charge in [-0.15, -0.1) is 11.3 Å². The number of carbonyl (C=O) groups excluding carboxylic acids is 1. The van der Waals surface area contributed by atoms with Crippen LogP contribution in [0.3, 0.4) is 0 Å². The van der Waals surface area contributed by atoms with Crippen molar-refractivity contribution in [2.45, 2.75) is 46.1 Å². The van der Waals surface area contributed by atoms with Gasteiger partial charge in [0.05, 0.1) is 17.2 Å². The molecule has 0 atom stereocenters. The number of thioether (sulfide) groups is 1. The second kappa shape index (κ2) is 7.14. The van der Waals surface area contributed by atoms with Gasteiger partial charge in [-0.3, -0.25) is 4.79 Å². The lowest BCUT2D eigenvalue weighted by Crippen LogP contribution is -2.23. The molecule has 0 aliphatic carbocycles. The monoisotopic (exact) mass is 286 g/mol. The molecule has 0 saturated carbocycles. The first-order valence-electron chi connectivity index (χ1n) is 6.22. The summed E-state index contributed by atoms with van der Waals surface area (Å²) in [6, 6.07) is 0. The van der Waals surface area contributed by atoms with Crippen LogP contribution >= 0.6 is 23.1 Å². The molecule has 18 heavy (non-hydrogen) atoms. The van der Waals surface area contributed by atoms with Crippen molar-refractivity contribution >= 4 is 29.0 Å². The quantitative estimate of drug-likeness (QED) is 0.817. The topological polar surface area (TPSA) is 42.0 Å². The molecule has 1 amide bonds. The van der Waals surface area contributed by atoms with Crippen LogP contribution < -0.4 is 5.32 Å². The van der Waals surface area contributed by atoms with Crippen LogP contribution in [0.15, 0.2) is 5.38 Å². The summed E-state index contributed by atoms with van der Waals surface area (Å²) in [6.07, 6.45) is 0.592. The van der Waals surface area contributed by atoms with E-state index in [0.29, 0.717) is 13.0 Å². The van der Waals surface area contributed by atoms with Gasteiger partial charge in [0.25, 0.3) is 0 Å². The van der Waals surface area contributed by atoms with Gasteiger partial charge in [-0.05, 0) is 5.75 Å². The van der Waals surface area contributed by atoms with Crippen LogP contribution in [0.5, 0.6) is 0 Å². The van der Waals surface area contributed by atoms with Gasteiger partial charge in [-0.2, -0.15) is 11.8 Å². The number of thiazole rings is 1. The summed E-state index contributed by atoms with van der Waals surface area (Å²) in [5.41, 5.74) is 1.05. The molecule has 0 aliphatic rings. The maximum atomic E-state index is 11.5. The predicted molar refractivity (Wildman–Crippen MR) is 80.3 cm³/mol. The van der Waals surface area contributed by atoms with Gasteiger partial charge in [-0.25, -0.2) is 4.98 Å². The Kier molecular flexibility index (Phi) is 6.15. The number of rotatable bonds is 6. The maximum Gasteiger partial charge on any atom is 0.221 e. The summed E-state index contributed by atoms with van der Waals surface area (Å²) in [7, 11) is 0. The van der Waals surface area contributed by atoms with Crippen molar-refractivity contribution in [2.24, 2.45) is 0 Å². The normalized spacial score (nSPS) is 11.6. The van der Waals surface area contributed by atoms with Gasteiger partial charge in [0.2, 0.25) is 5.91 Å². The average molecular weight is 286 g/mol. The van der Waals surface area contributed by atoms with Crippen molar-refractivity contribution < 1.29 is 4.79 Å². The zero-order valence-electron chi connectivity index (χ0n) is 11.6. The minimum absolute atomic E-state index is 0.0880. The van der Waals surface area contributed by atoms with Gasteiger partial charge in [0.1, 0.15) is 0 Å². The Labute approximate surface area is 118 Å². The number of amides is 1. The highest BCUT2D eigenvalue weighted by atomic mass is 32.2. The molecule has 5 heteroatoms. The first-order chi connectivity index (χ1) is 8.43. The molecular weight excluding hydrogens is 264 g/mol. The molecule has 0 saturated heterocycles. The van der Waals surface area contributed by atoms with Crippen molar-refractivity contribution in [2.75, 3.05) is 11.5 Å². The lowest BCUT2D eigenvalue weighted by Gasteiger charge is -2.13. The van der Waals surface area contributed by atoms with Crippen LogP contribution in [0.1, 0.15) is 44.8 Å². The van der Waals surface area contributed by atoms with E-state index >= 15 is 0 Å². The number of carbonyl (C=O) groups is 1. The van der Waals surface area contributed by atoms with Crippen LogP contribution in [0.2, 0.25) is 0 Å².